The third-order valence-electron chi connectivity index (χ3n) is 6.04. The topological polar surface area (TPSA) is 57.8 Å². The van der Waals surface area contributed by atoms with Crippen molar-refractivity contribution in [2.75, 3.05) is 11.1 Å². The summed E-state index contributed by atoms with van der Waals surface area (Å²) in [6.07, 6.45) is 7.54. The Morgan fingerprint density at radius 2 is 1.52 bits per heavy atom. The molecule has 4 nitrogen and oxygen atoms in total. The minimum Gasteiger partial charge on any atom is -0.333 e. The van der Waals surface area contributed by atoms with Gasteiger partial charge in [0.2, 0.25) is 5.91 Å². The van der Waals surface area contributed by atoms with Crippen molar-refractivity contribution < 1.29 is 4.79 Å². The average Bonchev–Trinajstić information content (AvgIpc) is 3.20. The van der Waals surface area contributed by atoms with E-state index in [0.717, 1.165) is 40.5 Å². The third kappa shape index (κ3) is 7.63. The highest BCUT2D eigenvalue weighted by Crippen LogP contribution is 2.32. The summed E-state index contributed by atoms with van der Waals surface area (Å²) in [5.74, 6) is 2.02. The number of aromatic nitrogens is 2. The first-order valence-electron chi connectivity index (χ1n) is 12.5. The molecular weight excluding hydrogens is 426 g/mol. The van der Waals surface area contributed by atoms with Crippen molar-refractivity contribution in [2.24, 2.45) is 0 Å². The van der Waals surface area contributed by atoms with Gasteiger partial charge in [0, 0.05) is 17.9 Å². The molecule has 2 aromatic carbocycles. The quantitative estimate of drug-likeness (QED) is 0.197. The Morgan fingerprint density at radius 1 is 0.879 bits per heavy atom. The molecule has 0 saturated carbocycles. The number of carbonyl (C=O) groups is 1. The second-order valence-electron chi connectivity index (χ2n) is 9.45. The fourth-order valence-electron chi connectivity index (χ4n) is 4.16. The molecule has 3 rings (SSSR count). The first-order valence-corrected chi connectivity index (χ1v) is 13.4. The normalized spacial score (nSPS) is 11.6. The van der Waals surface area contributed by atoms with Crippen LogP contribution in [0.4, 0.5) is 5.69 Å². The molecule has 0 unspecified atom stereocenters. The first-order chi connectivity index (χ1) is 16.0. The van der Waals surface area contributed by atoms with Gasteiger partial charge in [0.1, 0.15) is 0 Å². The van der Waals surface area contributed by atoms with Crippen LogP contribution in [0.1, 0.15) is 95.6 Å². The van der Waals surface area contributed by atoms with E-state index < -0.39 is 0 Å². The Bertz CT molecular complexity index is 966. The summed E-state index contributed by atoms with van der Waals surface area (Å²) >= 11 is 1.81. The maximum absolute atomic E-state index is 12.6. The predicted molar refractivity (Wildman–Crippen MR) is 142 cm³/mol. The number of hydrogen-bond acceptors (Lipinski definition) is 3. The van der Waals surface area contributed by atoms with E-state index in [0.29, 0.717) is 18.3 Å². The van der Waals surface area contributed by atoms with Crippen molar-refractivity contribution in [2.45, 2.75) is 89.6 Å². The fraction of sp³-hybridized carbons (Fsp3) is 0.500. The highest BCUT2D eigenvalue weighted by molar-refractivity contribution is 7.99. The summed E-state index contributed by atoms with van der Waals surface area (Å²) < 4.78 is 0. The standard InChI is InChI=1S/C28H39N3OS/c1-20(2)22-14-13-15-23(21(3)4)27(22)31-26(32)18-9-7-5-6-8-12-19-33-28-29-24-16-10-11-17-25(24)30-28/h10-11,13-17,20-21H,5-9,12,18-19H2,1-4H3,(H,29,30)(H,31,32). The Morgan fingerprint density at radius 3 is 2.18 bits per heavy atom. The molecule has 178 valence electrons. The molecule has 0 aliphatic rings. The van der Waals surface area contributed by atoms with E-state index in [1.807, 2.05) is 18.2 Å². The van der Waals surface area contributed by atoms with E-state index in [1.54, 1.807) is 11.8 Å². The number of nitrogens with one attached hydrogen (secondary N) is 2. The van der Waals surface area contributed by atoms with Crippen LogP contribution < -0.4 is 5.32 Å². The van der Waals surface area contributed by atoms with Gasteiger partial charge >= 0.3 is 0 Å². The number of anilines is 1. The molecule has 0 aliphatic carbocycles. The summed E-state index contributed by atoms with van der Waals surface area (Å²) in [5.41, 5.74) is 5.65. The number of unbranched alkanes of at least 4 members (excludes halogenated alkanes) is 5. The largest absolute Gasteiger partial charge is 0.333 e. The van der Waals surface area contributed by atoms with Gasteiger partial charge in [-0.25, -0.2) is 4.98 Å². The lowest BCUT2D eigenvalue weighted by molar-refractivity contribution is -0.116. The van der Waals surface area contributed by atoms with Gasteiger partial charge in [0.25, 0.3) is 0 Å². The van der Waals surface area contributed by atoms with Crippen LogP contribution in [0.5, 0.6) is 0 Å². The monoisotopic (exact) mass is 465 g/mol. The summed E-state index contributed by atoms with van der Waals surface area (Å²) in [7, 11) is 0. The molecule has 0 radical (unpaired) electrons. The number of aromatic amines is 1. The number of benzene rings is 2. The van der Waals surface area contributed by atoms with E-state index in [-0.39, 0.29) is 5.91 Å². The Balaban J connectivity index is 1.29. The number of carbonyl (C=O) groups excluding carboxylic acids is 1. The van der Waals surface area contributed by atoms with Gasteiger partial charge in [-0.1, -0.05) is 95.5 Å². The van der Waals surface area contributed by atoms with Crippen LogP contribution in [0.2, 0.25) is 0 Å². The van der Waals surface area contributed by atoms with E-state index in [1.165, 1.54) is 36.8 Å². The molecule has 2 N–H and O–H groups in total. The number of rotatable bonds is 13. The van der Waals surface area contributed by atoms with Gasteiger partial charge in [-0.05, 0) is 47.9 Å². The van der Waals surface area contributed by atoms with Gasteiger partial charge in [-0.2, -0.15) is 0 Å². The second kappa shape index (κ2) is 12.8. The molecule has 0 aliphatic heterocycles. The Hall–Kier alpha value is -2.27. The maximum Gasteiger partial charge on any atom is 0.224 e. The van der Waals surface area contributed by atoms with Crippen molar-refractivity contribution in [3.8, 4) is 0 Å². The number of imidazole rings is 1. The summed E-state index contributed by atoms with van der Waals surface area (Å²) in [5, 5.41) is 4.25. The predicted octanol–water partition coefficient (Wildman–Crippen LogP) is 8.27. The summed E-state index contributed by atoms with van der Waals surface area (Å²) in [6.45, 7) is 8.74. The van der Waals surface area contributed by atoms with Crippen molar-refractivity contribution in [1.82, 2.24) is 9.97 Å². The molecule has 0 bridgehead atoms. The van der Waals surface area contributed by atoms with E-state index >= 15 is 0 Å². The molecule has 1 aromatic heterocycles. The number of fused-ring (bicyclic) bond motifs is 1. The summed E-state index contributed by atoms with van der Waals surface area (Å²) in [6, 6.07) is 14.6. The molecule has 33 heavy (non-hydrogen) atoms. The zero-order valence-corrected chi connectivity index (χ0v) is 21.4. The molecule has 5 heteroatoms. The van der Waals surface area contributed by atoms with Crippen LogP contribution in [-0.2, 0) is 4.79 Å². The van der Waals surface area contributed by atoms with Crippen LogP contribution in [0.3, 0.4) is 0 Å². The van der Waals surface area contributed by atoms with Crippen molar-refractivity contribution in [3.63, 3.8) is 0 Å². The first kappa shape index (κ1) is 25.4. The van der Waals surface area contributed by atoms with Crippen LogP contribution in [-0.4, -0.2) is 21.6 Å². The minimum atomic E-state index is 0.146. The van der Waals surface area contributed by atoms with Gasteiger partial charge in [-0.3, -0.25) is 4.79 Å². The molecule has 3 aromatic rings. The second-order valence-corrected chi connectivity index (χ2v) is 10.5. The highest BCUT2D eigenvalue weighted by atomic mass is 32.2. The average molecular weight is 466 g/mol. The van der Waals surface area contributed by atoms with Crippen LogP contribution in [0.25, 0.3) is 11.0 Å². The number of para-hydroxylation sites is 3. The SMILES string of the molecule is CC(C)c1cccc(C(C)C)c1NC(=O)CCCCCCCCSc1nc2ccccc2[nH]1. The van der Waals surface area contributed by atoms with Gasteiger partial charge in [0.15, 0.2) is 5.16 Å². The molecule has 1 amide bonds. The van der Waals surface area contributed by atoms with Crippen molar-refractivity contribution in [1.29, 1.82) is 0 Å². The number of H-pyrrole nitrogens is 1. The molecule has 1 heterocycles. The van der Waals surface area contributed by atoms with E-state index in [2.05, 4.69) is 67.2 Å². The zero-order chi connectivity index (χ0) is 23.6. The maximum atomic E-state index is 12.6. The highest BCUT2D eigenvalue weighted by Gasteiger charge is 2.15. The van der Waals surface area contributed by atoms with Crippen molar-refractivity contribution >= 4 is 34.4 Å². The number of nitrogens with zero attached hydrogens (tertiary/aromatic N) is 1. The molecule has 0 fully saturated rings. The number of amides is 1. The van der Waals surface area contributed by atoms with Crippen LogP contribution in [0.15, 0.2) is 47.6 Å². The minimum absolute atomic E-state index is 0.146. The van der Waals surface area contributed by atoms with Crippen LogP contribution >= 0.6 is 11.8 Å². The molecule has 0 saturated heterocycles. The van der Waals surface area contributed by atoms with Gasteiger partial charge < -0.3 is 10.3 Å². The third-order valence-corrected chi connectivity index (χ3v) is 7.00. The van der Waals surface area contributed by atoms with Gasteiger partial charge in [-0.15, -0.1) is 0 Å². The lowest BCUT2D eigenvalue weighted by atomic mass is 9.92. The fourth-order valence-corrected chi connectivity index (χ4v) is 5.05. The smallest absolute Gasteiger partial charge is 0.224 e. The number of hydrogen-bond donors (Lipinski definition) is 2. The van der Waals surface area contributed by atoms with Gasteiger partial charge in [0.05, 0.1) is 11.0 Å². The Labute approximate surface area is 203 Å². The summed E-state index contributed by atoms with van der Waals surface area (Å²) in [4.78, 5) is 20.6. The van der Waals surface area contributed by atoms with Crippen molar-refractivity contribution in [3.05, 3.63) is 53.6 Å². The molecule has 0 atom stereocenters. The Kier molecular flexibility index (Phi) is 9.86. The van der Waals surface area contributed by atoms with E-state index in [9.17, 15) is 4.79 Å². The lowest BCUT2D eigenvalue weighted by Gasteiger charge is -2.20. The molecule has 0 spiro atoms. The zero-order valence-electron chi connectivity index (χ0n) is 20.6. The van der Waals surface area contributed by atoms with Crippen LogP contribution in [0, 0.1) is 0 Å². The number of thioether (sulfide) groups is 1. The lowest BCUT2D eigenvalue weighted by Crippen LogP contribution is -2.15. The molecular formula is C28H39N3OS. The van der Waals surface area contributed by atoms with E-state index in [4.69, 9.17) is 0 Å².